The third-order valence-electron chi connectivity index (χ3n) is 3.52. The molecule has 0 saturated carbocycles. The molecule has 1 heterocycles. The van der Waals surface area contributed by atoms with Gasteiger partial charge in [0, 0.05) is 17.1 Å². The first-order valence-corrected chi connectivity index (χ1v) is 7.29. The number of halogens is 1. The molecule has 1 aliphatic heterocycles. The van der Waals surface area contributed by atoms with Crippen molar-refractivity contribution in [3.63, 3.8) is 0 Å². The number of carboxylic acid groups (broad SMARTS) is 1. The van der Waals surface area contributed by atoms with E-state index in [9.17, 15) is 14.7 Å². The summed E-state index contributed by atoms with van der Waals surface area (Å²) in [6, 6.07) is 4.72. The molecule has 0 spiro atoms. The molecule has 0 aromatic heterocycles. The molecular formula is C14H17BrN2O3. The number of nitrogens with one attached hydrogen (secondary N) is 1. The highest BCUT2D eigenvalue weighted by atomic mass is 79.9. The second kappa shape index (κ2) is 5.83. The van der Waals surface area contributed by atoms with Crippen LogP contribution in [-0.4, -0.2) is 34.6 Å². The van der Waals surface area contributed by atoms with Crippen LogP contribution >= 0.6 is 15.9 Å². The van der Waals surface area contributed by atoms with Crippen LogP contribution in [0.1, 0.15) is 30.6 Å². The predicted molar refractivity (Wildman–Crippen MR) is 80.1 cm³/mol. The van der Waals surface area contributed by atoms with Gasteiger partial charge in [-0.05, 0) is 47.3 Å². The minimum absolute atomic E-state index is 0.0765. The Balaban J connectivity index is 2.22. The van der Waals surface area contributed by atoms with Gasteiger partial charge in [0.15, 0.2) is 0 Å². The van der Waals surface area contributed by atoms with Gasteiger partial charge in [-0.3, -0.25) is 0 Å². The lowest BCUT2D eigenvalue weighted by atomic mass is 10.1. The summed E-state index contributed by atoms with van der Waals surface area (Å²) in [5, 5.41) is 11.9. The number of urea groups is 1. The number of para-hydroxylation sites is 1. The third-order valence-corrected chi connectivity index (χ3v) is 4.18. The quantitative estimate of drug-likeness (QED) is 0.866. The second-order valence-electron chi connectivity index (χ2n) is 5.24. The normalized spacial score (nSPS) is 21.9. The molecule has 6 heteroatoms. The summed E-state index contributed by atoms with van der Waals surface area (Å²) in [6.07, 6.45) is 0.967. The highest BCUT2D eigenvalue weighted by molar-refractivity contribution is 9.10. The van der Waals surface area contributed by atoms with Gasteiger partial charge >= 0.3 is 12.0 Å². The Morgan fingerprint density at radius 2 is 2.10 bits per heavy atom. The van der Waals surface area contributed by atoms with E-state index in [2.05, 4.69) is 28.2 Å². The average Bonchev–Trinajstić information content (AvgIpc) is 2.70. The van der Waals surface area contributed by atoms with Gasteiger partial charge in [0.25, 0.3) is 0 Å². The molecule has 20 heavy (non-hydrogen) atoms. The number of carboxylic acids is 1. The number of nitrogens with zero attached hydrogens (tertiary/aromatic N) is 1. The van der Waals surface area contributed by atoms with E-state index < -0.39 is 5.97 Å². The zero-order chi connectivity index (χ0) is 14.9. The SMILES string of the molecule is CC1CC(C)N(C(=O)Nc2c(Br)cccc2C(=O)O)C1. The van der Waals surface area contributed by atoms with E-state index in [1.165, 1.54) is 6.07 Å². The van der Waals surface area contributed by atoms with Crippen molar-refractivity contribution in [2.24, 2.45) is 5.92 Å². The molecule has 1 aliphatic rings. The molecule has 0 aliphatic carbocycles. The Morgan fingerprint density at radius 3 is 2.65 bits per heavy atom. The Bertz CT molecular complexity index is 547. The number of rotatable bonds is 2. The lowest BCUT2D eigenvalue weighted by molar-refractivity contribution is 0.0698. The van der Waals surface area contributed by atoms with Gasteiger partial charge < -0.3 is 15.3 Å². The molecule has 2 rings (SSSR count). The van der Waals surface area contributed by atoms with Crippen molar-refractivity contribution in [2.75, 3.05) is 11.9 Å². The molecular weight excluding hydrogens is 324 g/mol. The summed E-state index contributed by atoms with van der Waals surface area (Å²) in [4.78, 5) is 25.3. The zero-order valence-corrected chi connectivity index (χ0v) is 13.0. The van der Waals surface area contributed by atoms with Gasteiger partial charge in [-0.15, -0.1) is 0 Å². The Hall–Kier alpha value is -1.56. The Kier molecular flexibility index (Phi) is 4.32. The number of carbonyl (C=O) groups is 2. The fourth-order valence-corrected chi connectivity index (χ4v) is 3.06. The van der Waals surface area contributed by atoms with Gasteiger partial charge in [0.1, 0.15) is 0 Å². The summed E-state index contributed by atoms with van der Waals surface area (Å²) in [5.41, 5.74) is 0.379. The van der Waals surface area contributed by atoms with Crippen molar-refractivity contribution in [2.45, 2.75) is 26.3 Å². The summed E-state index contributed by atoms with van der Waals surface area (Å²) in [6.45, 7) is 4.80. The molecule has 1 fully saturated rings. The smallest absolute Gasteiger partial charge is 0.337 e. The molecule has 2 amide bonds. The van der Waals surface area contributed by atoms with E-state index in [1.54, 1.807) is 17.0 Å². The van der Waals surface area contributed by atoms with E-state index in [4.69, 9.17) is 0 Å². The minimum Gasteiger partial charge on any atom is -0.478 e. The maximum Gasteiger partial charge on any atom is 0.337 e. The number of hydrogen-bond acceptors (Lipinski definition) is 2. The van der Waals surface area contributed by atoms with Crippen molar-refractivity contribution >= 4 is 33.6 Å². The molecule has 108 valence electrons. The zero-order valence-electron chi connectivity index (χ0n) is 11.4. The van der Waals surface area contributed by atoms with Crippen molar-refractivity contribution in [1.82, 2.24) is 4.90 Å². The summed E-state index contributed by atoms with van der Waals surface area (Å²) in [5.74, 6) is -0.599. The lowest BCUT2D eigenvalue weighted by Crippen LogP contribution is -2.37. The van der Waals surface area contributed by atoms with Gasteiger partial charge in [-0.2, -0.15) is 0 Å². The number of amides is 2. The van der Waals surface area contributed by atoms with Gasteiger partial charge in [0.05, 0.1) is 11.3 Å². The van der Waals surface area contributed by atoms with Crippen LogP contribution in [0.4, 0.5) is 10.5 Å². The summed E-state index contributed by atoms with van der Waals surface area (Å²) < 4.78 is 0.561. The summed E-state index contributed by atoms with van der Waals surface area (Å²) in [7, 11) is 0. The van der Waals surface area contributed by atoms with Crippen molar-refractivity contribution < 1.29 is 14.7 Å². The number of aromatic carboxylic acids is 1. The lowest BCUT2D eigenvalue weighted by Gasteiger charge is -2.22. The topological polar surface area (TPSA) is 69.6 Å². The third kappa shape index (κ3) is 2.95. The monoisotopic (exact) mass is 340 g/mol. The molecule has 0 bridgehead atoms. The van der Waals surface area contributed by atoms with E-state index in [1.807, 2.05) is 6.92 Å². The number of likely N-dealkylation sites (tertiary alicyclic amines) is 1. The molecule has 5 nitrogen and oxygen atoms in total. The fraction of sp³-hybridized carbons (Fsp3) is 0.429. The highest BCUT2D eigenvalue weighted by Gasteiger charge is 2.30. The van der Waals surface area contributed by atoms with E-state index in [0.717, 1.165) is 6.42 Å². The molecule has 1 aromatic carbocycles. The van der Waals surface area contributed by atoms with Crippen LogP contribution in [0.3, 0.4) is 0 Å². The second-order valence-corrected chi connectivity index (χ2v) is 6.09. The molecule has 2 unspecified atom stereocenters. The molecule has 2 atom stereocenters. The first-order valence-electron chi connectivity index (χ1n) is 6.49. The molecule has 2 N–H and O–H groups in total. The van der Waals surface area contributed by atoms with Crippen LogP contribution in [-0.2, 0) is 0 Å². The van der Waals surface area contributed by atoms with Crippen molar-refractivity contribution in [3.8, 4) is 0 Å². The van der Waals surface area contributed by atoms with Crippen LogP contribution in [0.5, 0.6) is 0 Å². The van der Waals surface area contributed by atoms with Crippen LogP contribution < -0.4 is 5.32 Å². The Morgan fingerprint density at radius 1 is 1.40 bits per heavy atom. The minimum atomic E-state index is -1.07. The van der Waals surface area contributed by atoms with Gasteiger partial charge in [-0.1, -0.05) is 13.0 Å². The Labute approximate surface area is 126 Å². The van der Waals surface area contributed by atoms with E-state index in [0.29, 0.717) is 22.6 Å². The van der Waals surface area contributed by atoms with E-state index in [-0.39, 0.29) is 17.6 Å². The molecule has 1 aromatic rings. The van der Waals surface area contributed by atoms with Crippen LogP contribution in [0.15, 0.2) is 22.7 Å². The standard InChI is InChI=1S/C14H17BrN2O3/c1-8-6-9(2)17(7-8)14(20)16-12-10(13(18)19)4-3-5-11(12)15/h3-5,8-9H,6-7H2,1-2H3,(H,16,20)(H,18,19). The van der Waals surface area contributed by atoms with E-state index >= 15 is 0 Å². The molecule has 0 radical (unpaired) electrons. The van der Waals surface area contributed by atoms with Crippen molar-refractivity contribution in [3.05, 3.63) is 28.2 Å². The first kappa shape index (κ1) is 14.8. The van der Waals surface area contributed by atoms with Gasteiger partial charge in [-0.25, -0.2) is 9.59 Å². The number of hydrogen-bond donors (Lipinski definition) is 2. The van der Waals surface area contributed by atoms with Crippen LogP contribution in [0.25, 0.3) is 0 Å². The summed E-state index contributed by atoms with van der Waals surface area (Å²) >= 11 is 3.28. The molecule has 1 saturated heterocycles. The maximum atomic E-state index is 12.3. The highest BCUT2D eigenvalue weighted by Crippen LogP contribution is 2.28. The maximum absolute atomic E-state index is 12.3. The number of benzene rings is 1. The van der Waals surface area contributed by atoms with Gasteiger partial charge in [0.2, 0.25) is 0 Å². The van der Waals surface area contributed by atoms with Crippen LogP contribution in [0, 0.1) is 5.92 Å². The average molecular weight is 341 g/mol. The first-order chi connectivity index (χ1) is 9.40. The van der Waals surface area contributed by atoms with Crippen molar-refractivity contribution in [1.29, 1.82) is 0 Å². The number of anilines is 1. The number of carbonyl (C=O) groups excluding carboxylic acids is 1. The fourth-order valence-electron chi connectivity index (χ4n) is 2.59. The predicted octanol–water partition coefficient (Wildman–Crippen LogP) is 3.41. The largest absolute Gasteiger partial charge is 0.478 e. The van der Waals surface area contributed by atoms with Crippen LogP contribution in [0.2, 0.25) is 0 Å².